The molecule has 0 saturated heterocycles. The van der Waals surface area contributed by atoms with E-state index in [1.807, 2.05) is 0 Å². The Balaban J connectivity index is 2.23. The molecule has 0 amide bonds. The van der Waals surface area contributed by atoms with Gasteiger partial charge in [-0.25, -0.2) is 0 Å². The van der Waals surface area contributed by atoms with E-state index in [0.29, 0.717) is 5.02 Å². The zero-order valence-electron chi connectivity index (χ0n) is 10.8. The molecule has 0 aliphatic rings. The van der Waals surface area contributed by atoms with Crippen LogP contribution in [0.1, 0.15) is 24.4 Å². The number of hydrogen-bond acceptors (Lipinski definition) is 5. The van der Waals surface area contributed by atoms with Crippen LogP contribution in [0.5, 0.6) is 0 Å². The molecule has 1 heterocycles. The lowest BCUT2D eigenvalue weighted by molar-refractivity contribution is -0.144. The fraction of sp³-hybridized carbons (Fsp3) is 0.250. The van der Waals surface area contributed by atoms with Crippen LogP contribution in [-0.2, 0) is 6.18 Å². The van der Waals surface area contributed by atoms with Gasteiger partial charge in [0.1, 0.15) is 0 Å². The standard InChI is InChI=1S/C12H11ClF3N5/c1-6(7-2-4-8(13)5-3-7)18-11-20-9(12(14,15)16)19-10(17)21-11/h2-6H,1H3,(H3,17,18,19,20,21). The monoisotopic (exact) mass is 317 g/mol. The number of nitrogens with one attached hydrogen (secondary N) is 1. The van der Waals surface area contributed by atoms with Crippen molar-refractivity contribution in [2.75, 3.05) is 11.1 Å². The maximum Gasteiger partial charge on any atom is 0.451 e. The maximum absolute atomic E-state index is 12.6. The molecule has 0 spiro atoms. The fourth-order valence-electron chi connectivity index (χ4n) is 1.61. The third-order valence-electron chi connectivity index (χ3n) is 2.62. The molecule has 1 atom stereocenters. The molecule has 1 unspecified atom stereocenters. The van der Waals surface area contributed by atoms with Crippen LogP contribution in [-0.4, -0.2) is 15.0 Å². The van der Waals surface area contributed by atoms with Gasteiger partial charge in [-0.05, 0) is 24.6 Å². The molecule has 3 N–H and O–H groups in total. The third-order valence-corrected chi connectivity index (χ3v) is 2.87. The normalized spacial score (nSPS) is 13.0. The number of rotatable bonds is 3. The fourth-order valence-corrected chi connectivity index (χ4v) is 1.74. The topological polar surface area (TPSA) is 76.7 Å². The highest BCUT2D eigenvalue weighted by Gasteiger charge is 2.35. The van der Waals surface area contributed by atoms with Crippen LogP contribution in [0.2, 0.25) is 5.02 Å². The Morgan fingerprint density at radius 3 is 2.33 bits per heavy atom. The van der Waals surface area contributed by atoms with Crippen LogP contribution in [0, 0.1) is 0 Å². The lowest BCUT2D eigenvalue weighted by Gasteiger charge is -2.15. The summed E-state index contributed by atoms with van der Waals surface area (Å²) in [6, 6.07) is 6.52. The van der Waals surface area contributed by atoms with E-state index in [1.165, 1.54) is 0 Å². The van der Waals surface area contributed by atoms with Gasteiger partial charge in [0.05, 0.1) is 6.04 Å². The Kier molecular flexibility index (Phi) is 4.17. The number of nitrogen functional groups attached to an aromatic ring is 1. The molecule has 0 aliphatic carbocycles. The van der Waals surface area contributed by atoms with Gasteiger partial charge < -0.3 is 11.1 Å². The quantitative estimate of drug-likeness (QED) is 0.908. The summed E-state index contributed by atoms with van der Waals surface area (Å²) in [6.07, 6.45) is -4.68. The van der Waals surface area contributed by atoms with Gasteiger partial charge in [-0.2, -0.15) is 28.1 Å². The predicted octanol–water partition coefficient (Wildman–Crippen LogP) is 3.30. The summed E-state index contributed by atoms with van der Waals surface area (Å²) < 4.78 is 37.8. The van der Waals surface area contributed by atoms with Crippen molar-refractivity contribution in [3.8, 4) is 0 Å². The van der Waals surface area contributed by atoms with Crippen molar-refractivity contribution < 1.29 is 13.2 Å². The van der Waals surface area contributed by atoms with Crippen molar-refractivity contribution in [2.24, 2.45) is 0 Å². The van der Waals surface area contributed by atoms with E-state index in [-0.39, 0.29) is 12.0 Å². The van der Waals surface area contributed by atoms with Gasteiger partial charge in [-0.3, -0.25) is 0 Å². The summed E-state index contributed by atoms with van der Waals surface area (Å²) >= 11 is 5.77. The third kappa shape index (κ3) is 3.94. The highest BCUT2D eigenvalue weighted by molar-refractivity contribution is 6.30. The molecule has 2 aromatic rings. The zero-order valence-corrected chi connectivity index (χ0v) is 11.6. The largest absolute Gasteiger partial charge is 0.451 e. The smallest absolute Gasteiger partial charge is 0.368 e. The minimum Gasteiger partial charge on any atom is -0.368 e. The average Bonchev–Trinajstić information content (AvgIpc) is 2.37. The summed E-state index contributed by atoms with van der Waals surface area (Å²) in [5, 5.41) is 3.31. The Hall–Kier alpha value is -2.09. The first-order valence-corrected chi connectivity index (χ1v) is 6.24. The molecule has 1 aromatic heterocycles. The van der Waals surface area contributed by atoms with Crippen LogP contribution >= 0.6 is 11.6 Å². The van der Waals surface area contributed by atoms with Gasteiger partial charge in [0.15, 0.2) is 0 Å². The van der Waals surface area contributed by atoms with E-state index >= 15 is 0 Å². The number of halogens is 4. The average molecular weight is 318 g/mol. The van der Waals surface area contributed by atoms with Crippen LogP contribution < -0.4 is 11.1 Å². The van der Waals surface area contributed by atoms with Gasteiger partial charge in [0.25, 0.3) is 0 Å². The summed E-state index contributed by atoms with van der Waals surface area (Å²) in [6.45, 7) is 1.75. The molecule has 5 nitrogen and oxygen atoms in total. The first-order valence-electron chi connectivity index (χ1n) is 5.86. The van der Waals surface area contributed by atoms with E-state index in [1.54, 1.807) is 31.2 Å². The molecule has 0 bridgehead atoms. The summed E-state index contributed by atoms with van der Waals surface area (Å²) in [5.41, 5.74) is 6.08. The lowest BCUT2D eigenvalue weighted by Crippen LogP contribution is -2.17. The Morgan fingerprint density at radius 1 is 1.14 bits per heavy atom. The second-order valence-corrected chi connectivity index (χ2v) is 4.69. The Labute approximate surface area is 123 Å². The first-order chi connectivity index (χ1) is 9.75. The highest BCUT2D eigenvalue weighted by atomic mass is 35.5. The molecule has 0 radical (unpaired) electrons. The minimum absolute atomic E-state index is 0.239. The molecule has 2 rings (SSSR count). The Morgan fingerprint density at radius 2 is 1.76 bits per heavy atom. The summed E-state index contributed by atoms with van der Waals surface area (Å²) in [7, 11) is 0. The van der Waals surface area contributed by atoms with Crippen molar-refractivity contribution in [3.63, 3.8) is 0 Å². The van der Waals surface area contributed by atoms with Gasteiger partial charge in [0.2, 0.25) is 17.7 Å². The second-order valence-electron chi connectivity index (χ2n) is 4.26. The lowest BCUT2D eigenvalue weighted by atomic mass is 10.1. The number of benzene rings is 1. The van der Waals surface area contributed by atoms with E-state index in [4.69, 9.17) is 17.3 Å². The molecule has 21 heavy (non-hydrogen) atoms. The summed E-state index contributed by atoms with van der Waals surface area (Å²) in [5.74, 6) is -2.07. The van der Waals surface area contributed by atoms with Crippen LogP contribution in [0.4, 0.5) is 25.1 Å². The van der Waals surface area contributed by atoms with Gasteiger partial charge in [-0.15, -0.1) is 0 Å². The minimum atomic E-state index is -4.68. The highest BCUT2D eigenvalue weighted by Crippen LogP contribution is 2.27. The molecule has 9 heteroatoms. The van der Waals surface area contributed by atoms with Crippen LogP contribution in [0.25, 0.3) is 0 Å². The van der Waals surface area contributed by atoms with Crippen molar-refractivity contribution >= 4 is 23.5 Å². The molecular formula is C12H11ClF3N5. The van der Waals surface area contributed by atoms with Gasteiger partial charge in [-0.1, -0.05) is 23.7 Å². The SMILES string of the molecule is CC(Nc1nc(N)nc(C(F)(F)F)n1)c1ccc(Cl)cc1. The molecule has 0 saturated carbocycles. The predicted molar refractivity (Wildman–Crippen MR) is 72.7 cm³/mol. The van der Waals surface area contributed by atoms with E-state index in [2.05, 4.69) is 20.3 Å². The van der Waals surface area contributed by atoms with Crippen molar-refractivity contribution in [3.05, 3.63) is 40.7 Å². The first kappa shape index (κ1) is 15.3. The van der Waals surface area contributed by atoms with Gasteiger partial charge in [0, 0.05) is 5.02 Å². The maximum atomic E-state index is 12.6. The number of alkyl halides is 3. The number of hydrogen-bond donors (Lipinski definition) is 2. The Bertz CT molecular complexity index is 630. The molecule has 112 valence electrons. The molecule has 0 fully saturated rings. The second kappa shape index (κ2) is 5.72. The summed E-state index contributed by atoms with van der Waals surface area (Å²) in [4.78, 5) is 10.0. The number of nitrogens with zero attached hydrogens (tertiary/aromatic N) is 3. The van der Waals surface area contributed by atoms with Gasteiger partial charge >= 0.3 is 6.18 Å². The molecule has 1 aromatic carbocycles. The molecule has 0 aliphatic heterocycles. The van der Waals surface area contributed by atoms with Crippen molar-refractivity contribution in [2.45, 2.75) is 19.1 Å². The van der Waals surface area contributed by atoms with Crippen LogP contribution in [0.3, 0.4) is 0 Å². The number of anilines is 2. The van der Waals surface area contributed by atoms with E-state index in [0.717, 1.165) is 5.56 Å². The van der Waals surface area contributed by atoms with E-state index in [9.17, 15) is 13.2 Å². The molecular weight excluding hydrogens is 307 g/mol. The van der Waals surface area contributed by atoms with Crippen molar-refractivity contribution in [1.29, 1.82) is 0 Å². The zero-order chi connectivity index (χ0) is 15.6. The van der Waals surface area contributed by atoms with Crippen molar-refractivity contribution in [1.82, 2.24) is 15.0 Å². The number of aromatic nitrogens is 3. The van der Waals surface area contributed by atoms with E-state index < -0.39 is 17.9 Å². The van der Waals surface area contributed by atoms with Crippen LogP contribution in [0.15, 0.2) is 24.3 Å². The number of nitrogens with two attached hydrogens (primary N) is 1.